The predicted octanol–water partition coefficient (Wildman–Crippen LogP) is 0.928. The van der Waals surface area contributed by atoms with Gasteiger partial charge >= 0.3 is 6.03 Å². The first-order chi connectivity index (χ1) is 9.49. The number of nitrogens with zero attached hydrogens (tertiary/aromatic N) is 3. The van der Waals surface area contributed by atoms with Crippen LogP contribution in [0.3, 0.4) is 0 Å². The maximum absolute atomic E-state index is 11.4. The molecule has 0 radical (unpaired) electrons. The van der Waals surface area contributed by atoms with Gasteiger partial charge in [0.25, 0.3) is 0 Å². The molecule has 7 heteroatoms. The van der Waals surface area contributed by atoms with Crippen LogP contribution < -0.4 is 16.4 Å². The fraction of sp³-hybridized carbons (Fsp3) is 0.615. The van der Waals surface area contributed by atoms with Crippen LogP contribution in [0.4, 0.5) is 16.4 Å². The first-order valence-corrected chi connectivity index (χ1v) is 6.82. The lowest BCUT2D eigenvalue weighted by Crippen LogP contribution is -2.37. The number of amides is 2. The zero-order valence-corrected chi connectivity index (χ0v) is 12.2. The van der Waals surface area contributed by atoms with E-state index in [0.29, 0.717) is 24.8 Å². The van der Waals surface area contributed by atoms with Gasteiger partial charge < -0.3 is 21.3 Å². The number of hydrogen-bond acceptors (Lipinski definition) is 5. The van der Waals surface area contributed by atoms with E-state index < -0.39 is 0 Å². The van der Waals surface area contributed by atoms with Crippen molar-refractivity contribution in [1.82, 2.24) is 20.2 Å². The van der Waals surface area contributed by atoms with Crippen molar-refractivity contribution in [2.45, 2.75) is 25.7 Å². The van der Waals surface area contributed by atoms with Gasteiger partial charge in [-0.05, 0) is 19.8 Å². The van der Waals surface area contributed by atoms with Gasteiger partial charge in [0, 0.05) is 38.7 Å². The van der Waals surface area contributed by atoms with Crippen molar-refractivity contribution < 1.29 is 4.79 Å². The topological polar surface area (TPSA) is 96.2 Å². The summed E-state index contributed by atoms with van der Waals surface area (Å²) in [5, 5.41) is 5.99. The summed E-state index contributed by atoms with van der Waals surface area (Å²) >= 11 is 0. The normalized spacial score (nSPS) is 13.9. The molecule has 1 aliphatic carbocycles. The van der Waals surface area contributed by atoms with Crippen LogP contribution in [0.25, 0.3) is 0 Å². The van der Waals surface area contributed by atoms with Gasteiger partial charge in [-0.1, -0.05) is 0 Å². The van der Waals surface area contributed by atoms with Crippen molar-refractivity contribution >= 4 is 17.7 Å². The minimum Gasteiger partial charge on any atom is -0.383 e. The Hall–Kier alpha value is -2.05. The molecule has 1 saturated carbocycles. The highest BCUT2D eigenvalue weighted by Crippen LogP contribution is 2.39. The Morgan fingerprint density at radius 3 is 2.65 bits per heavy atom. The van der Waals surface area contributed by atoms with E-state index in [2.05, 4.69) is 20.6 Å². The molecule has 0 unspecified atom stereocenters. The van der Waals surface area contributed by atoms with E-state index in [4.69, 9.17) is 5.73 Å². The molecule has 1 heterocycles. The molecule has 1 aromatic rings. The third-order valence-corrected chi connectivity index (χ3v) is 3.24. The van der Waals surface area contributed by atoms with Gasteiger partial charge in [0.05, 0.1) is 0 Å². The van der Waals surface area contributed by atoms with E-state index >= 15 is 0 Å². The smallest absolute Gasteiger partial charge is 0.316 e. The molecule has 1 aromatic heterocycles. The number of carbonyl (C=O) groups is 1. The lowest BCUT2D eigenvalue weighted by molar-refractivity contribution is 0.218. The molecule has 4 N–H and O–H groups in total. The van der Waals surface area contributed by atoms with Crippen LogP contribution in [0.2, 0.25) is 0 Å². The second-order valence-electron chi connectivity index (χ2n) is 5.27. The maximum atomic E-state index is 11.4. The number of hydrogen-bond donors (Lipinski definition) is 3. The zero-order chi connectivity index (χ0) is 14.7. The molecule has 20 heavy (non-hydrogen) atoms. The van der Waals surface area contributed by atoms with Crippen LogP contribution in [-0.2, 0) is 0 Å². The van der Waals surface area contributed by atoms with E-state index in [1.807, 2.05) is 6.92 Å². The highest BCUT2D eigenvalue weighted by Gasteiger charge is 2.27. The van der Waals surface area contributed by atoms with E-state index in [9.17, 15) is 4.79 Å². The number of carbonyl (C=O) groups excluding carboxylic acids is 1. The number of anilines is 2. The predicted molar refractivity (Wildman–Crippen MR) is 78.7 cm³/mol. The summed E-state index contributed by atoms with van der Waals surface area (Å²) in [5.74, 6) is 2.58. The Bertz CT molecular complexity index is 498. The minimum absolute atomic E-state index is 0.107. The molecule has 0 aliphatic heterocycles. The Labute approximate surface area is 119 Å². The molecule has 2 amide bonds. The van der Waals surface area contributed by atoms with E-state index in [0.717, 1.165) is 30.0 Å². The fourth-order valence-corrected chi connectivity index (χ4v) is 1.76. The Balaban J connectivity index is 1.90. The van der Waals surface area contributed by atoms with Gasteiger partial charge in [-0.25, -0.2) is 14.8 Å². The number of nitrogen functional groups attached to an aromatic ring is 1. The average molecular weight is 278 g/mol. The van der Waals surface area contributed by atoms with Gasteiger partial charge in [-0.2, -0.15) is 0 Å². The van der Waals surface area contributed by atoms with Crippen LogP contribution in [0.15, 0.2) is 0 Å². The summed E-state index contributed by atoms with van der Waals surface area (Å²) in [4.78, 5) is 21.7. The van der Waals surface area contributed by atoms with E-state index in [-0.39, 0.29) is 6.03 Å². The first kappa shape index (κ1) is 14.4. The van der Waals surface area contributed by atoms with E-state index in [1.54, 1.807) is 14.1 Å². The van der Waals surface area contributed by atoms with Crippen LogP contribution >= 0.6 is 0 Å². The Morgan fingerprint density at radius 2 is 2.05 bits per heavy atom. The Morgan fingerprint density at radius 1 is 1.35 bits per heavy atom. The quantitative estimate of drug-likeness (QED) is 0.696. The van der Waals surface area contributed by atoms with Crippen molar-refractivity contribution in [1.29, 1.82) is 0 Å². The molecule has 0 saturated heterocycles. The summed E-state index contributed by atoms with van der Waals surface area (Å²) in [6.45, 7) is 3.02. The zero-order valence-electron chi connectivity index (χ0n) is 12.2. The highest BCUT2D eigenvalue weighted by atomic mass is 16.2. The largest absolute Gasteiger partial charge is 0.383 e. The molecule has 0 aromatic carbocycles. The summed E-state index contributed by atoms with van der Waals surface area (Å²) in [6, 6.07) is -0.107. The molecular formula is C13H22N6O. The number of aromatic nitrogens is 2. The van der Waals surface area contributed by atoms with E-state index in [1.165, 1.54) is 4.90 Å². The van der Waals surface area contributed by atoms with Crippen LogP contribution in [0, 0.1) is 6.92 Å². The van der Waals surface area contributed by atoms with Gasteiger partial charge in [-0.15, -0.1) is 0 Å². The summed E-state index contributed by atoms with van der Waals surface area (Å²) in [6.07, 6.45) is 2.28. The molecule has 0 spiro atoms. The molecule has 2 rings (SSSR count). The van der Waals surface area contributed by atoms with Gasteiger partial charge in [0.15, 0.2) is 0 Å². The number of nitrogens with two attached hydrogens (primary N) is 1. The molecule has 0 atom stereocenters. The van der Waals surface area contributed by atoms with Crippen molar-refractivity contribution in [3.63, 3.8) is 0 Å². The molecule has 110 valence electrons. The second kappa shape index (κ2) is 5.94. The van der Waals surface area contributed by atoms with Gasteiger partial charge in [0.1, 0.15) is 17.5 Å². The molecule has 7 nitrogen and oxygen atoms in total. The van der Waals surface area contributed by atoms with Crippen molar-refractivity contribution in [3.8, 4) is 0 Å². The van der Waals surface area contributed by atoms with Gasteiger partial charge in [-0.3, -0.25) is 0 Å². The molecule has 1 aliphatic rings. The number of nitrogens with one attached hydrogen (secondary N) is 2. The SMILES string of the molecule is Cc1c(N)nc(C2CC2)nc1NCCNC(=O)N(C)C. The molecule has 0 bridgehead atoms. The van der Waals surface area contributed by atoms with Crippen molar-refractivity contribution in [2.24, 2.45) is 0 Å². The fourth-order valence-electron chi connectivity index (χ4n) is 1.76. The lowest BCUT2D eigenvalue weighted by atomic mass is 10.3. The molecule has 1 fully saturated rings. The molecular weight excluding hydrogens is 256 g/mol. The van der Waals surface area contributed by atoms with Gasteiger partial charge in [0.2, 0.25) is 0 Å². The highest BCUT2D eigenvalue weighted by molar-refractivity contribution is 5.73. The monoisotopic (exact) mass is 278 g/mol. The minimum atomic E-state index is -0.107. The number of urea groups is 1. The first-order valence-electron chi connectivity index (χ1n) is 6.82. The summed E-state index contributed by atoms with van der Waals surface area (Å²) < 4.78 is 0. The summed E-state index contributed by atoms with van der Waals surface area (Å²) in [7, 11) is 3.42. The third-order valence-electron chi connectivity index (χ3n) is 3.24. The van der Waals surface area contributed by atoms with Crippen molar-refractivity contribution in [3.05, 3.63) is 11.4 Å². The Kier molecular flexibility index (Phi) is 4.26. The third kappa shape index (κ3) is 3.49. The standard InChI is InChI=1S/C13H22N6O/c1-8-10(14)17-12(9-4-5-9)18-11(8)15-6-7-16-13(20)19(2)3/h9H,4-7H2,1-3H3,(H,16,20)(H3,14,15,17,18). The van der Waals surface area contributed by atoms with Crippen LogP contribution in [0.5, 0.6) is 0 Å². The number of rotatable bonds is 5. The van der Waals surface area contributed by atoms with Crippen LogP contribution in [-0.4, -0.2) is 48.1 Å². The second-order valence-corrected chi connectivity index (χ2v) is 5.27. The maximum Gasteiger partial charge on any atom is 0.316 e. The lowest BCUT2D eigenvalue weighted by Gasteiger charge is -2.14. The average Bonchev–Trinajstić information content (AvgIpc) is 3.22. The summed E-state index contributed by atoms with van der Waals surface area (Å²) in [5.41, 5.74) is 6.77. The van der Waals surface area contributed by atoms with Crippen molar-refractivity contribution in [2.75, 3.05) is 38.2 Å². The van der Waals surface area contributed by atoms with Crippen LogP contribution in [0.1, 0.15) is 30.1 Å².